The molecule has 0 aliphatic heterocycles. The van der Waals surface area contributed by atoms with Gasteiger partial charge in [-0.05, 0) is 18.1 Å². The lowest BCUT2D eigenvalue weighted by molar-refractivity contribution is 0.635. The topological polar surface area (TPSA) is 50.9 Å². The molecule has 0 aliphatic carbocycles. The zero-order chi connectivity index (χ0) is 11.7. The Bertz CT molecular complexity index is 523. The average Bonchev–Trinajstić information content (AvgIpc) is 2.27. The molecule has 0 spiro atoms. The van der Waals surface area contributed by atoms with E-state index in [-0.39, 0.29) is 11.7 Å². The number of para-hydroxylation sites is 1. The Kier molecular flexibility index (Phi) is 2.75. The second-order valence-electron chi connectivity index (χ2n) is 4.03. The Morgan fingerprint density at radius 2 is 2.12 bits per heavy atom. The van der Waals surface area contributed by atoms with Gasteiger partial charge in [0.05, 0.1) is 11.4 Å². The number of nitrogens with two attached hydrogens (primary N) is 1. The van der Waals surface area contributed by atoms with Gasteiger partial charge in [-0.2, -0.15) is 0 Å². The van der Waals surface area contributed by atoms with Gasteiger partial charge in [0, 0.05) is 5.39 Å². The van der Waals surface area contributed by atoms with Crippen molar-refractivity contribution in [2.45, 2.75) is 19.8 Å². The van der Waals surface area contributed by atoms with Crippen molar-refractivity contribution in [1.82, 2.24) is 4.98 Å². The number of aromatic nitrogens is 1. The molecular weight excluding hydrogens is 205 g/mol. The first-order valence-corrected chi connectivity index (χ1v) is 5.19. The number of fused-ring (bicyclic) bond motifs is 1. The van der Waals surface area contributed by atoms with Crippen LogP contribution in [0.3, 0.4) is 0 Å². The molecule has 0 amide bonds. The largest absolute Gasteiger partial charge is 0.322 e. The van der Waals surface area contributed by atoms with E-state index in [2.05, 4.69) is 10.4 Å². The molecule has 0 fully saturated rings. The van der Waals surface area contributed by atoms with Gasteiger partial charge >= 0.3 is 0 Å². The Labute approximate surface area is 93.5 Å². The van der Waals surface area contributed by atoms with Crippen LogP contribution in [0, 0.1) is 5.82 Å². The van der Waals surface area contributed by atoms with Crippen LogP contribution in [-0.4, -0.2) is 4.98 Å². The van der Waals surface area contributed by atoms with Crippen LogP contribution in [0.15, 0.2) is 24.3 Å². The monoisotopic (exact) mass is 219 g/mol. The Morgan fingerprint density at radius 3 is 2.75 bits per heavy atom. The maximum absolute atomic E-state index is 13.6. The summed E-state index contributed by atoms with van der Waals surface area (Å²) in [6.07, 6.45) is 0. The molecule has 0 saturated heterocycles. The second kappa shape index (κ2) is 4.06. The molecule has 0 bridgehead atoms. The van der Waals surface area contributed by atoms with E-state index < -0.39 is 0 Å². The summed E-state index contributed by atoms with van der Waals surface area (Å²) in [5.41, 5.74) is 4.52. The maximum atomic E-state index is 13.6. The fourth-order valence-electron chi connectivity index (χ4n) is 1.73. The van der Waals surface area contributed by atoms with Gasteiger partial charge in [-0.1, -0.05) is 26.0 Å². The van der Waals surface area contributed by atoms with Gasteiger partial charge in [0.1, 0.15) is 11.3 Å². The van der Waals surface area contributed by atoms with Crippen molar-refractivity contribution in [3.8, 4) is 0 Å². The predicted octanol–water partition coefficient (Wildman–Crippen LogP) is 2.78. The van der Waals surface area contributed by atoms with Gasteiger partial charge in [0.15, 0.2) is 0 Å². The second-order valence-corrected chi connectivity index (χ2v) is 4.03. The molecule has 84 valence electrons. The number of nitrogen functional groups attached to an aromatic ring is 1. The summed E-state index contributed by atoms with van der Waals surface area (Å²) in [5.74, 6) is 5.32. The summed E-state index contributed by atoms with van der Waals surface area (Å²) in [5, 5.41) is 0.748. The zero-order valence-electron chi connectivity index (χ0n) is 9.29. The van der Waals surface area contributed by atoms with Crippen molar-refractivity contribution in [2.75, 3.05) is 5.43 Å². The van der Waals surface area contributed by atoms with Crippen LogP contribution in [0.25, 0.3) is 10.9 Å². The number of pyridine rings is 1. The predicted molar refractivity (Wildman–Crippen MR) is 63.6 cm³/mol. The Hall–Kier alpha value is -1.68. The molecule has 0 saturated carbocycles. The summed E-state index contributed by atoms with van der Waals surface area (Å²) in [6, 6.07) is 6.71. The number of hydrogen-bond donors (Lipinski definition) is 2. The highest BCUT2D eigenvalue weighted by Crippen LogP contribution is 2.26. The number of nitrogens with one attached hydrogen (secondary N) is 1. The number of nitrogens with zero attached hydrogens (tertiary/aromatic N) is 1. The zero-order valence-corrected chi connectivity index (χ0v) is 9.29. The van der Waals surface area contributed by atoms with E-state index in [1.54, 1.807) is 6.07 Å². The Morgan fingerprint density at radius 1 is 1.38 bits per heavy atom. The molecule has 1 aromatic carbocycles. The van der Waals surface area contributed by atoms with E-state index in [1.807, 2.05) is 26.0 Å². The van der Waals surface area contributed by atoms with E-state index in [1.165, 1.54) is 6.07 Å². The van der Waals surface area contributed by atoms with Crippen LogP contribution in [0.2, 0.25) is 0 Å². The van der Waals surface area contributed by atoms with E-state index in [9.17, 15) is 4.39 Å². The van der Waals surface area contributed by atoms with Crippen LogP contribution < -0.4 is 11.3 Å². The molecular formula is C12H14FN3. The lowest BCUT2D eigenvalue weighted by atomic mass is 10.1. The van der Waals surface area contributed by atoms with E-state index in [0.717, 1.165) is 16.8 Å². The minimum Gasteiger partial charge on any atom is -0.322 e. The lowest BCUT2D eigenvalue weighted by Gasteiger charge is -2.12. The molecule has 16 heavy (non-hydrogen) atoms. The van der Waals surface area contributed by atoms with Crippen molar-refractivity contribution >= 4 is 16.6 Å². The third-order valence-corrected chi connectivity index (χ3v) is 2.53. The number of halogens is 1. The van der Waals surface area contributed by atoms with Gasteiger partial charge in [-0.15, -0.1) is 0 Å². The highest BCUT2D eigenvalue weighted by molar-refractivity contribution is 5.83. The molecule has 0 atom stereocenters. The van der Waals surface area contributed by atoms with Crippen molar-refractivity contribution in [3.05, 3.63) is 35.8 Å². The highest BCUT2D eigenvalue weighted by atomic mass is 19.1. The smallest absolute Gasteiger partial charge is 0.149 e. The first-order valence-electron chi connectivity index (χ1n) is 5.19. The molecule has 3 nitrogen and oxygen atoms in total. The van der Waals surface area contributed by atoms with E-state index in [4.69, 9.17) is 5.84 Å². The molecule has 0 radical (unpaired) electrons. The van der Waals surface area contributed by atoms with Crippen LogP contribution in [0.5, 0.6) is 0 Å². The lowest BCUT2D eigenvalue weighted by Crippen LogP contribution is -2.11. The minimum absolute atomic E-state index is 0.190. The molecule has 1 aromatic heterocycles. The molecule has 4 heteroatoms. The van der Waals surface area contributed by atoms with Gasteiger partial charge in [-0.25, -0.2) is 9.37 Å². The number of rotatable bonds is 2. The summed E-state index contributed by atoms with van der Waals surface area (Å²) in [4.78, 5) is 4.33. The van der Waals surface area contributed by atoms with Crippen molar-refractivity contribution in [2.24, 2.45) is 5.84 Å². The third kappa shape index (κ3) is 1.72. The number of hydrogen-bond acceptors (Lipinski definition) is 3. The number of anilines is 1. The maximum Gasteiger partial charge on any atom is 0.149 e. The van der Waals surface area contributed by atoms with Crippen molar-refractivity contribution < 1.29 is 4.39 Å². The molecule has 3 N–H and O–H groups in total. The SMILES string of the molecule is CC(C)c1nc2c(F)cccc2cc1NN. The standard InChI is InChI=1S/C12H14FN3/c1-7(2)11-10(16-14)6-8-4-3-5-9(13)12(8)15-11/h3-7,16H,14H2,1-2H3. The van der Waals surface area contributed by atoms with Crippen molar-refractivity contribution in [3.63, 3.8) is 0 Å². The summed E-state index contributed by atoms with van der Waals surface area (Å²) < 4.78 is 13.6. The van der Waals surface area contributed by atoms with Gasteiger partial charge < -0.3 is 5.43 Å². The average molecular weight is 219 g/mol. The number of benzene rings is 1. The summed E-state index contributed by atoms with van der Waals surface area (Å²) in [6.45, 7) is 3.99. The third-order valence-electron chi connectivity index (χ3n) is 2.53. The van der Waals surface area contributed by atoms with Crippen LogP contribution in [0.4, 0.5) is 10.1 Å². The normalized spacial score (nSPS) is 11.1. The molecule has 2 rings (SSSR count). The fraction of sp³-hybridized carbons (Fsp3) is 0.250. The van der Waals surface area contributed by atoms with Crippen LogP contribution in [0.1, 0.15) is 25.5 Å². The Balaban J connectivity index is 2.76. The minimum atomic E-state index is -0.303. The van der Waals surface area contributed by atoms with Crippen LogP contribution in [-0.2, 0) is 0 Å². The van der Waals surface area contributed by atoms with Gasteiger partial charge in [-0.3, -0.25) is 5.84 Å². The molecule has 0 unspecified atom stereocenters. The number of hydrazine groups is 1. The van der Waals surface area contributed by atoms with E-state index in [0.29, 0.717) is 5.52 Å². The highest BCUT2D eigenvalue weighted by Gasteiger charge is 2.11. The van der Waals surface area contributed by atoms with Gasteiger partial charge in [0.2, 0.25) is 0 Å². The van der Waals surface area contributed by atoms with E-state index >= 15 is 0 Å². The molecule has 1 heterocycles. The fourth-order valence-corrected chi connectivity index (χ4v) is 1.73. The first-order chi connectivity index (χ1) is 7.63. The summed E-state index contributed by atoms with van der Waals surface area (Å²) >= 11 is 0. The van der Waals surface area contributed by atoms with Crippen LogP contribution >= 0.6 is 0 Å². The summed E-state index contributed by atoms with van der Waals surface area (Å²) in [7, 11) is 0. The molecule has 2 aromatic rings. The quantitative estimate of drug-likeness (QED) is 0.603. The van der Waals surface area contributed by atoms with Crippen molar-refractivity contribution in [1.29, 1.82) is 0 Å². The first kappa shape index (κ1) is 10.8. The van der Waals surface area contributed by atoms with Gasteiger partial charge in [0.25, 0.3) is 0 Å². The molecule has 0 aliphatic rings.